The van der Waals surface area contributed by atoms with Gasteiger partial charge in [-0.1, -0.05) is 19.1 Å². The second-order valence-electron chi connectivity index (χ2n) is 7.13. The van der Waals surface area contributed by atoms with Crippen molar-refractivity contribution in [3.63, 3.8) is 0 Å². The van der Waals surface area contributed by atoms with E-state index in [9.17, 15) is 9.59 Å². The number of nitrogens with zero attached hydrogens (tertiary/aromatic N) is 1. The van der Waals surface area contributed by atoms with E-state index in [4.69, 9.17) is 9.47 Å². The zero-order chi connectivity index (χ0) is 18.4. The lowest BCUT2D eigenvalue weighted by Crippen LogP contribution is -2.44. The number of hydrogen-bond donors (Lipinski definition) is 0. The number of carbonyl (C=O) groups excluding carboxylic acids is 2. The minimum Gasteiger partial charge on any atom is -0.491 e. The molecule has 1 saturated heterocycles. The van der Waals surface area contributed by atoms with Crippen LogP contribution in [0.1, 0.15) is 46.1 Å². The van der Waals surface area contributed by atoms with Gasteiger partial charge in [-0.05, 0) is 57.2 Å². The number of rotatable bonds is 6. The summed E-state index contributed by atoms with van der Waals surface area (Å²) in [5.74, 6) is 0.888. The maximum Gasteiger partial charge on any atom is 0.311 e. The summed E-state index contributed by atoms with van der Waals surface area (Å²) in [5.41, 5.74) is 0.814. The lowest BCUT2D eigenvalue weighted by atomic mass is 9.99. The number of piperidine rings is 1. The Hall–Kier alpha value is -2.04. The Morgan fingerprint density at radius 2 is 1.88 bits per heavy atom. The molecule has 1 aromatic carbocycles. The Balaban J connectivity index is 1.86. The molecule has 0 aromatic heterocycles. The van der Waals surface area contributed by atoms with E-state index in [0.717, 1.165) is 37.2 Å². The molecule has 0 radical (unpaired) electrons. The second kappa shape index (κ2) is 8.88. The molecule has 1 amide bonds. The number of hydrogen-bond acceptors (Lipinski definition) is 4. The number of likely N-dealkylation sites (tertiary alicyclic amines) is 1. The van der Waals surface area contributed by atoms with E-state index in [1.165, 1.54) is 0 Å². The minimum atomic E-state index is -0.740. The van der Waals surface area contributed by atoms with Crippen molar-refractivity contribution in [1.29, 1.82) is 0 Å². The molecule has 1 aliphatic heterocycles. The topological polar surface area (TPSA) is 55.8 Å². The molecular weight excluding hydrogens is 318 g/mol. The third-order valence-corrected chi connectivity index (χ3v) is 4.37. The average molecular weight is 347 g/mol. The van der Waals surface area contributed by atoms with E-state index in [-0.39, 0.29) is 18.4 Å². The van der Waals surface area contributed by atoms with Gasteiger partial charge in [0, 0.05) is 13.1 Å². The maximum atomic E-state index is 12.4. The largest absolute Gasteiger partial charge is 0.491 e. The molecule has 1 unspecified atom stereocenters. The van der Waals surface area contributed by atoms with Gasteiger partial charge in [0.25, 0.3) is 5.91 Å². The van der Waals surface area contributed by atoms with Gasteiger partial charge < -0.3 is 14.4 Å². The van der Waals surface area contributed by atoms with Crippen molar-refractivity contribution in [1.82, 2.24) is 4.90 Å². The lowest BCUT2D eigenvalue weighted by molar-refractivity contribution is -0.159. The molecule has 1 aliphatic rings. The number of esters is 1. The van der Waals surface area contributed by atoms with E-state index in [0.29, 0.717) is 5.92 Å². The molecule has 1 heterocycles. The van der Waals surface area contributed by atoms with Crippen molar-refractivity contribution in [2.24, 2.45) is 5.92 Å². The Morgan fingerprint density at radius 1 is 1.20 bits per heavy atom. The zero-order valence-electron chi connectivity index (χ0n) is 15.7. The van der Waals surface area contributed by atoms with Crippen molar-refractivity contribution in [3.05, 3.63) is 29.8 Å². The standard InChI is InChI=1S/C20H29NO4/c1-14(2)24-18-7-5-6-17(12-18)13-19(22)25-16(4)20(23)21-10-8-15(3)9-11-21/h5-7,12,14-16H,8-11,13H2,1-4H3. The normalized spacial score (nSPS) is 16.6. The van der Waals surface area contributed by atoms with Crippen molar-refractivity contribution in [2.45, 2.75) is 59.2 Å². The zero-order valence-corrected chi connectivity index (χ0v) is 15.7. The first kappa shape index (κ1) is 19.3. The third kappa shape index (κ3) is 6.07. The van der Waals surface area contributed by atoms with Gasteiger partial charge in [-0.2, -0.15) is 0 Å². The van der Waals surface area contributed by atoms with Gasteiger partial charge in [0.1, 0.15) is 5.75 Å². The summed E-state index contributed by atoms with van der Waals surface area (Å²) in [4.78, 5) is 26.4. The van der Waals surface area contributed by atoms with Crippen LogP contribution in [0, 0.1) is 5.92 Å². The molecule has 1 atom stereocenters. The molecule has 138 valence electrons. The Morgan fingerprint density at radius 3 is 2.52 bits per heavy atom. The first-order valence-corrected chi connectivity index (χ1v) is 9.09. The molecule has 5 nitrogen and oxygen atoms in total. The molecule has 2 rings (SSSR count). The quantitative estimate of drug-likeness (QED) is 0.742. The average Bonchev–Trinajstić information content (AvgIpc) is 2.54. The van der Waals surface area contributed by atoms with Crippen LogP contribution in [0.3, 0.4) is 0 Å². The third-order valence-electron chi connectivity index (χ3n) is 4.37. The fourth-order valence-corrected chi connectivity index (χ4v) is 2.94. The van der Waals surface area contributed by atoms with Crippen LogP contribution in [0.4, 0.5) is 0 Å². The molecule has 0 N–H and O–H groups in total. The smallest absolute Gasteiger partial charge is 0.311 e. The van der Waals surface area contributed by atoms with E-state index in [1.54, 1.807) is 11.8 Å². The molecule has 25 heavy (non-hydrogen) atoms. The highest BCUT2D eigenvalue weighted by Crippen LogP contribution is 2.18. The van der Waals surface area contributed by atoms with Gasteiger partial charge in [0.2, 0.25) is 0 Å². The van der Waals surface area contributed by atoms with E-state index in [1.807, 2.05) is 38.1 Å². The molecule has 0 spiro atoms. The summed E-state index contributed by atoms with van der Waals surface area (Å²) in [6.07, 6.45) is 1.48. The van der Waals surface area contributed by atoms with Gasteiger partial charge in [0.15, 0.2) is 6.10 Å². The molecule has 1 fully saturated rings. The second-order valence-corrected chi connectivity index (χ2v) is 7.13. The highest BCUT2D eigenvalue weighted by molar-refractivity contribution is 5.84. The van der Waals surface area contributed by atoms with Crippen LogP contribution in [0.5, 0.6) is 5.75 Å². The SMILES string of the molecule is CC1CCN(C(=O)C(C)OC(=O)Cc2cccc(OC(C)C)c2)CC1. The van der Waals surface area contributed by atoms with Gasteiger partial charge in [0.05, 0.1) is 12.5 Å². The summed E-state index contributed by atoms with van der Waals surface area (Å²) in [6, 6.07) is 7.40. The number of amides is 1. The van der Waals surface area contributed by atoms with Gasteiger partial charge in [-0.15, -0.1) is 0 Å². The molecule has 0 bridgehead atoms. The number of benzene rings is 1. The number of carbonyl (C=O) groups is 2. The van der Waals surface area contributed by atoms with Crippen LogP contribution in [0.2, 0.25) is 0 Å². The highest BCUT2D eigenvalue weighted by atomic mass is 16.5. The Bertz CT molecular complexity index is 591. The minimum absolute atomic E-state index is 0.0760. The Labute approximate surface area is 150 Å². The van der Waals surface area contributed by atoms with E-state index in [2.05, 4.69) is 6.92 Å². The number of ether oxygens (including phenoxy) is 2. The molecular formula is C20H29NO4. The van der Waals surface area contributed by atoms with Crippen molar-refractivity contribution in [2.75, 3.05) is 13.1 Å². The summed E-state index contributed by atoms with van der Waals surface area (Å²) in [5, 5.41) is 0. The van der Waals surface area contributed by atoms with Gasteiger partial charge >= 0.3 is 5.97 Å². The lowest BCUT2D eigenvalue weighted by Gasteiger charge is -2.31. The first-order valence-electron chi connectivity index (χ1n) is 9.09. The van der Waals surface area contributed by atoms with E-state index < -0.39 is 12.1 Å². The van der Waals surface area contributed by atoms with Crippen LogP contribution < -0.4 is 4.74 Å². The predicted octanol–water partition coefficient (Wildman–Crippen LogP) is 3.21. The van der Waals surface area contributed by atoms with Gasteiger partial charge in [-0.3, -0.25) is 9.59 Å². The predicted molar refractivity (Wildman–Crippen MR) is 96.4 cm³/mol. The van der Waals surface area contributed by atoms with Crippen molar-refractivity contribution in [3.8, 4) is 5.75 Å². The van der Waals surface area contributed by atoms with Gasteiger partial charge in [-0.25, -0.2) is 0 Å². The van der Waals surface area contributed by atoms with Crippen LogP contribution in [-0.2, 0) is 20.7 Å². The Kier molecular flexibility index (Phi) is 6.85. The fourth-order valence-electron chi connectivity index (χ4n) is 2.94. The summed E-state index contributed by atoms with van der Waals surface area (Å²) < 4.78 is 11.0. The van der Waals surface area contributed by atoms with Crippen molar-refractivity contribution >= 4 is 11.9 Å². The van der Waals surface area contributed by atoms with Crippen LogP contribution >= 0.6 is 0 Å². The molecule has 5 heteroatoms. The fraction of sp³-hybridized carbons (Fsp3) is 0.600. The maximum absolute atomic E-state index is 12.4. The summed E-state index contributed by atoms with van der Waals surface area (Å²) in [6.45, 7) is 9.25. The molecule has 0 saturated carbocycles. The van der Waals surface area contributed by atoms with Crippen LogP contribution in [0.25, 0.3) is 0 Å². The molecule has 0 aliphatic carbocycles. The van der Waals surface area contributed by atoms with Crippen molar-refractivity contribution < 1.29 is 19.1 Å². The highest BCUT2D eigenvalue weighted by Gasteiger charge is 2.26. The van der Waals surface area contributed by atoms with Crippen LogP contribution in [-0.4, -0.2) is 42.1 Å². The van der Waals surface area contributed by atoms with E-state index >= 15 is 0 Å². The summed E-state index contributed by atoms with van der Waals surface area (Å²) in [7, 11) is 0. The first-order chi connectivity index (χ1) is 11.8. The van der Waals surface area contributed by atoms with Crippen LogP contribution in [0.15, 0.2) is 24.3 Å². The summed E-state index contributed by atoms with van der Waals surface area (Å²) >= 11 is 0. The molecule has 1 aromatic rings. The monoisotopic (exact) mass is 347 g/mol.